The number of hydrogen-bond acceptors (Lipinski definition) is 4. The molecule has 0 aromatic carbocycles. The second-order valence-electron chi connectivity index (χ2n) is 5.91. The Morgan fingerprint density at radius 1 is 1.24 bits per heavy atom. The van der Waals surface area contributed by atoms with E-state index in [4.69, 9.17) is 4.74 Å². The molecule has 0 saturated carbocycles. The van der Waals surface area contributed by atoms with Crippen molar-refractivity contribution in [3.8, 4) is 0 Å². The van der Waals surface area contributed by atoms with Gasteiger partial charge in [0.1, 0.15) is 11.4 Å². The zero-order chi connectivity index (χ0) is 15.6. The molecule has 2 heterocycles. The van der Waals surface area contributed by atoms with Crippen molar-refractivity contribution < 1.29 is 18.3 Å². The number of halogens is 2. The molecule has 7 heteroatoms. The third-order valence-electron chi connectivity index (χ3n) is 3.02. The first-order chi connectivity index (χ1) is 9.76. The quantitative estimate of drug-likeness (QED) is 0.799. The van der Waals surface area contributed by atoms with Crippen LogP contribution < -0.4 is 4.90 Å². The molecule has 1 aliphatic heterocycles. The minimum absolute atomic E-state index is 0.111. The molecule has 1 amide bonds. The molecule has 2 rings (SSSR count). The number of ether oxygens (including phenoxy) is 1. The van der Waals surface area contributed by atoms with Gasteiger partial charge in [0.05, 0.1) is 6.20 Å². The lowest BCUT2D eigenvalue weighted by atomic mass is 10.2. The molecule has 1 fully saturated rings. The maximum absolute atomic E-state index is 13.7. The summed E-state index contributed by atoms with van der Waals surface area (Å²) in [7, 11) is 0. The highest BCUT2D eigenvalue weighted by molar-refractivity contribution is 5.68. The van der Waals surface area contributed by atoms with E-state index in [1.54, 1.807) is 30.6 Å². The Balaban J connectivity index is 1.95. The molecule has 21 heavy (non-hydrogen) atoms. The molecule has 0 spiro atoms. The van der Waals surface area contributed by atoms with E-state index in [1.165, 1.54) is 0 Å². The van der Waals surface area contributed by atoms with Crippen molar-refractivity contribution in [3.05, 3.63) is 23.9 Å². The number of anilines is 1. The summed E-state index contributed by atoms with van der Waals surface area (Å²) in [5, 5.41) is 0. The van der Waals surface area contributed by atoms with Gasteiger partial charge in [-0.05, 0) is 20.8 Å². The fraction of sp³-hybridized carbons (Fsp3) is 0.571. The van der Waals surface area contributed by atoms with Crippen LogP contribution in [0.2, 0.25) is 0 Å². The Kier molecular flexibility index (Phi) is 4.29. The molecule has 0 radical (unpaired) electrons. The Morgan fingerprint density at radius 2 is 1.86 bits per heavy atom. The summed E-state index contributed by atoms with van der Waals surface area (Å²) in [4.78, 5) is 18.9. The average molecular weight is 299 g/mol. The third kappa shape index (κ3) is 4.03. The number of hydrogen-bond donors (Lipinski definition) is 0. The Hall–Kier alpha value is -1.92. The molecule has 1 saturated heterocycles. The molecule has 0 unspecified atom stereocenters. The van der Waals surface area contributed by atoms with Crippen LogP contribution in [0.25, 0.3) is 0 Å². The van der Waals surface area contributed by atoms with Crippen LogP contribution >= 0.6 is 0 Å². The van der Waals surface area contributed by atoms with Gasteiger partial charge in [-0.1, -0.05) is 0 Å². The lowest BCUT2D eigenvalue weighted by Gasteiger charge is -2.36. The van der Waals surface area contributed by atoms with Crippen molar-refractivity contribution in [1.82, 2.24) is 9.88 Å². The number of rotatable bonds is 1. The van der Waals surface area contributed by atoms with Crippen LogP contribution in [0.15, 0.2) is 12.3 Å². The highest BCUT2D eigenvalue weighted by Crippen LogP contribution is 2.19. The molecule has 5 nitrogen and oxygen atoms in total. The number of carbonyl (C=O) groups is 1. The van der Waals surface area contributed by atoms with Gasteiger partial charge in [0.15, 0.2) is 11.6 Å². The minimum atomic E-state index is -0.705. The number of carbonyl (C=O) groups excluding carboxylic acids is 1. The molecule has 0 N–H and O–H groups in total. The van der Waals surface area contributed by atoms with E-state index in [1.807, 2.05) is 0 Å². The van der Waals surface area contributed by atoms with Crippen LogP contribution in [0.4, 0.5) is 19.4 Å². The number of pyridine rings is 1. The number of nitrogens with zero attached hydrogens (tertiary/aromatic N) is 3. The predicted molar refractivity (Wildman–Crippen MR) is 74.2 cm³/mol. The van der Waals surface area contributed by atoms with Crippen molar-refractivity contribution in [2.75, 3.05) is 31.1 Å². The maximum Gasteiger partial charge on any atom is 0.410 e. The summed E-state index contributed by atoms with van der Waals surface area (Å²) < 4.78 is 31.8. The zero-order valence-corrected chi connectivity index (χ0v) is 12.4. The molecule has 1 aromatic heterocycles. The highest BCUT2D eigenvalue weighted by Gasteiger charge is 2.27. The first-order valence-corrected chi connectivity index (χ1v) is 6.80. The summed E-state index contributed by atoms with van der Waals surface area (Å²) in [5.74, 6) is -1.29. The summed E-state index contributed by atoms with van der Waals surface area (Å²) in [5.41, 5.74) is -0.543. The van der Waals surface area contributed by atoms with Crippen molar-refractivity contribution >= 4 is 11.9 Å². The van der Waals surface area contributed by atoms with E-state index in [2.05, 4.69) is 4.98 Å². The van der Waals surface area contributed by atoms with Gasteiger partial charge in [0.2, 0.25) is 0 Å². The molecule has 0 bridgehead atoms. The van der Waals surface area contributed by atoms with E-state index in [-0.39, 0.29) is 11.9 Å². The second kappa shape index (κ2) is 5.83. The Bertz CT molecular complexity index is 523. The first kappa shape index (κ1) is 15.5. The molecule has 116 valence electrons. The molecule has 0 atom stereocenters. The van der Waals surface area contributed by atoms with Gasteiger partial charge in [-0.2, -0.15) is 0 Å². The van der Waals surface area contributed by atoms with Crippen molar-refractivity contribution in [3.63, 3.8) is 0 Å². The Morgan fingerprint density at radius 3 is 2.38 bits per heavy atom. The first-order valence-electron chi connectivity index (χ1n) is 6.80. The molecular weight excluding hydrogens is 280 g/mol. The van der Waals surface area contributed by atoms with Crippen LogP contribution in [0.1, 0.15) is 20.8 Å². The lowest BCUT2D eigenvalue weighted by molar-refractivity contribution is 0.0240. The van der Waals surface area contributed by atoms with Gasteiger partial charge >= 0.3 is 6.09 Å². The van der Waals surface area contributed by atoms with E-state index < -0.39 is 17.2 Å². The summed E-state index contributed by atoms with van der Waals surface area (Å²) in [6.07, 6.45) is 0.605. The van der Waals surface area contributed by atoms with Gasteiger partial charge in [-0.3, -0.25) is 0 Å². The van der Waals surface area contributed by atoms with Gasteiger partial charge in [0, 0.05) is 32.2 Å². The van der Waals surface area contributed by atoms with Crippen LogP contribution in [0, 0.1) is 11.6 Å². The number of amides is 1. The van der Waals surface area contributed by atoms with Crippen molar-refractivity contribution in [2.24, 2.45) is 0 Å². The second-order valence-corrected chi connectivity index (χ2v) is 5.91. The van der Waals surface area contributed by atoms with Gasteiger partial charge in [-0.25, -0.2) is 18.6 Å². The summed E-state index contributed by atoms with van der Waals surface area (Å²) in [6.45, 7) is 7.08. The number of piperazine rings is 1. The standard InChI is InChI=1S/C14H19F2N3O2/c1-14(2,3)21-13(20)19-6-4-18(5-7-19)12-11(16)8-10(15)9-17-12/h8-9H,4-7H2,1-3H3. The Labute approximate surface area is 122 Å². The van der Waals surface area contributed by atoms with Crippen LogP contribution in [-0.4, -0.2) is 47.8 Å². The topological polar surface area (TPSA) is 45.7 Å². The van der Waals surface area contributed by atoms with E-state index in [0.717, 1.165) is 12.3 Å². The molecule has 1 aliphatic rings. The average Bonchev–Trinajstić information content (AvgIpc) is 2.37. The molecular formula is C14H19F2N3O2. The van der Waals surface area contributed by atoms with Gasteiger partial charge in [0.25, 0.3) is 0 Å². The van der Waals surface area contributed by atoms with Crippen LogP contribution in [-0.2, 0) is 4.74 Å². The van der Waals surface area contributed by atoms with Gasteiger partial charge in [-0.15, -0.1) is 0 Å². The minimum Gasteiger partial charge on any atom is -0.444 e. The monoisotopic (exact) mass is 299 g/mol. The summed E-state index contributed by atoms with van der Waals surface area (Å²) in [6, 6.07) is 0.808. The van der Waals surface area contributed by atoms with E-state index in [0.29, 0.717) is 26.2 Å². The smallest absolute Gasteiger partial charge is 0.410 e. The van der Waals surface area contributed by atoms with E-state index >= 15 is 0 Å². The van der Waals surface area contributed by atoms with Crippen molar-refractivity contribution in [1.29, 1.82) is 0 Å². The van der Waals surface area contributed by atoms with E-state index in [9.17, 15) is 13.6 Å². The summed E-state index contributed by atoms with van der Waals surface area (Å²) >= 11 is 0. The molecule has 0 aliphatic carbocycles. The maximum atomic E-state index is 13.7. The predicted octanol–water partition coefficient (Wildman–Crippen LogP) is 2.42. The van der Waals surface area contributed by atoms with Crippen LogP contribution in [0.5, 0.6) is 0 Å². The SMILES string of the molecule is CC(C)(C)OC(=O)N1CCN(c2ncc(F)cc2F)CC1. The lowest BCUT2D eigenvalue weighted by Crippen LogP contribution is -2.50. The normalized spacial score (nSPS) is 16.0. The third-order valence-corrected chi connectivity index (χ3v) is 3.02. The number of aromatic nitrogens is 1. The van der Waals surface area contributed by atoms with Gasteiger partial charge < -0.3 is 14.5 Å². The van der Waals surface area contributed by atoms with Crippen LogP contribution in [0.3, 0.4) is 0 Å². The fourth-order valence-corrected chi connectivity index (χ4v) is 2.07. The van der Waals surface area contributed by atoms with Crippen molar-refractivity contribution in [2.45, 2.75) is 26.4 Å². The highest BCUT2D eigenvalue weighted by atomic mass is 19.1. The molecule has 1 aromatic rings. The largest absolute Gasteiger partial charge is 0.444 e. The fourth-order valence-electron chi connectivity index (χ4n) is 2.07. The zero-order valence-electron chi connectivity index (χ0n) is 12.4.